The number of aryl methyl sites for hydroxylation is 1. The van der Waals surface area contributed by atoms with Crippen molar-refractivity contribution in [1.82, 2.24) is 10.3 Å². The van der Waals surface area contributed by atoms with Crippen LogP contribution in [0.1, 0.15) is 29.5 Å². The van der Waals surface area contributed by atoms with E-state index in [0.29, 0.717) is 5.92 Å². The van der Waals surface area contributed by atoms with Gasteiger partial charge >= 0.3 is 0 Å². The highest BCUT2D eigenvalue weighted by atomic mass is 35.5. The highest BCUT2D eigenvalue weighted by Gasteiger charge is 2.16. The van der Waals surface area contributed by atoms with Crippen LogP contribution in [0.2, 0.25) is 0 Å². The molecule has 0 spiro atoms. The molecule has 1 aromatic heterocycles. The van der Waals surface area contributed by atoms with Crippen molar-refractivity contribution in [3.63, 3.8) is 0 Å². The second-order valence-electron chi connectivity index (χ2n) is 3.33. The second kappa shape index (κ2) is 6.62. The summed E-state index contributed by atoms with van der Waals surface area (Å²) < 4.78 is 0. The number of aromatic nitrogens is 1. The summed E-state index contributed by atoms with van der Waals surface area (Å²) in [6.07, 6.45) is 2.59. The topological polar surface area (TPSA) is 24.9 Å². The van der Waals surface area contributed by atoms with Gasteiger partial charge in [-0.15, -0.1) is 36.2 Å². The summed E-state index contributed by atoms with van der Waals surface area (Å²) in [5, 5.41) is 6.80. The third-order valence-corrected chi connectivity index (χ3v) is 3.14. The maximum absolute atomic E-state index is 4.51. The molecule has 14 heavy (non-hydrogen) atoms. The van der Waals surface area contributed by atoms with Gasteiger partial charge in [0.1, 0.15) is 0 Å². The van der Waals surface area contributed by atoms with Crippen molar-refractivity contribution >= 4 is 36.2 Å². The SMILES string of the molecule is Cc1nc(C2CCCNC2)cs1.Cl.Cl. The summed E-state index contributed by atoms with van der Waals surface area (Å²) in [4.78, 5) is 4.51. The van der Waals surface area contributed by atoms with Gasteiger partial charge in [-0.25, -0.2) is 4.98 Å². The number of halogens is 2. The average Bonchev–Trinajstić information content (AvgIpc) is 2.54. The van der Waals surface area contributed by atoms with Gasteiger partial charge in [0.05, 0.1) is 10.7 Å². The lowest BCUT2D eigenvalue weighted by Gasteiger charge is -2.20. The Kier molecular flexibility index (Phi) is 6.70. The summed E-state index contributed by atoms with van der Waals surface area (Å²) in [5.74, 6) is 0.670. The van der Waals surface area contributed by atoms with E-state index in [2.05, 4.69) is 22.6 Å². The van der Waals surface area contributed by atoms with Gasteiger partial charge in [-0.3, -0.25) is 0 Å². The van der Waals surface area contributed by atoms with Crippen LogP contribution in [0.5, 0.6) is 0 Å². The fourth-order valence-corrected chi connectivity index (χ4v) is 2.37. The second-order valence-corrected chi connectivity index (χ2v) is 4.40. The lowest BCUT2D eigenvalue weighted by atomic mass is 9.97. The molecule has 1 atom stereocenters. The number of thiazole rings is 1. The Hall–Kier alpha value is 0.170. The van der Waals surface area contributed by atoms with Gasteiger partial charge in [-0.1, -0.05) is 0 Å². The lowest BCUT2D eigenvalue weighted by Crippen LogP contribution is -2.28. The summed E-state index contributed by atoms with van der Waals surface area (Å²) in [6.45, 7) is 4.37. The average molecular weight is 255 g/mol. The van der Waals surface area contributed by atoms with Crippen molar-refractivity contribution in [2.75, 3.05) is 13.1 Å². The first-order valence-electron chi connectivity index (χ1n) is 4.49. The highest BCUT2D eigenvalue weighted by Crippen LogP contribution is 2.23. The summed E-state index contributed by atoms with van der Waals surface area (Å²) in [5.41, 5.74) is 1.30. The van der Waals surface area contributed by atoms with E-state index in [1.807, 2.05) is 0 Å². The van der Waals surface area contributed by atoms with E-state index in [4.69, 9.17) is 0 Å². The summed E-state index contributed by atoms with van der Waals surface area (Å²) >= 11 is 1.76. The molecule has 2 rings (SSSR count). The highest BCUT2D eigenvalue weighted by molar-refractivity contribution is 7.09. The van der Waals surface area contributed by atoms with Crippen LogP contribution in [0.3, 0.4) is 0 Å². The maximum atomic E-state index is 4.51. The van der Waals surface area contributed by atoms with Crippen LogP contribution < -0.4 is 5.32 Å². The molecule has 0 radical (unpaired) electrons. The lowest BCUT2D eigenvalue weighted by molar-refractivity contribution is 0.455. The minimum absolute atomic E-state index is 0. The molecule has 5 heteroatoms. The first kappa shape index (κ1) is 14.2. The molecule has 2 nitrogen and oxygen atoms in total. The predicted molar refractivity (Wildman–Crippen MR) is 66.2 cm³/mol. The minimum Gasteiger partial charge on any atom is -0.316 e. The van der Waals surface area contributed by atoms with Gasteiger partial charge in [-0.2, -0.15) is 0 Å². The van der Waals surface area contributed by atoms with E-state index in [9.17, 15) is 0 Å². The molecular weight excluding hydrogens is 239 g/mol. The van der Waals surface area contributed by atoms with Crippen molar-refractivity contribution in [2.24, 2.45) is 0 Å². The summed E-state index contributed by atoms with van der Waals surface area (Å²) in [6, 6.07) is 0. The number of piperidine rings is 1. The molecule has 0 aromatic carbocycles. The van der Waals surface area contributed by atoms with E-state index in [1.165, 1.54) is 30.1 Å². The molecule has 0 saturated carbocycles. The predicted octanol–water partition coefficient (Wildman–Crippen LogP) is 2.76. The number of rotatable bonds is 1. The van der Waals surface area contributed by atoms with Gasteiger partial charge in [-0.05, 0) is 26.3 Å². The van der Waals surface area contributed by atoms with Gasteiger partial charge < -0.3 is 5.32 Å². The van der Waals surface area contributed by atoms with Crippen molar-refractivity contribution in [3.05, 3.63) is 16.1 Å². The van der Waals surface area contributed by atoms with E-state index in [-0.39, 0.29) is 24.8 Å². The van der Waals surface area contributed by atoms with Crippen LogP contribution in [0.15, 0.2) is 5.38 Å². The molecular formula is C9H16Cl2N2S. The minimum atomic E-state index is 0. The van der Waals surface area contributed by atoms with Gasteiger partial charge in [0, 0.05) is 17.8 Å². The third-order valence-electron chi connectivity index (χ3n) is 2.35. The maximum Gasteiger partial charge on any atom is 0.0897 e. The Morgan fingerprint density at radius 1 is 1.50 bits per heavy atom. The largest absolute Gasteiger partial charge is 0.316 e. The fraction of sp³-hybridized carbons (Fsp3) is 0.667. The van der Waals surface area contributed by atoms with Gasteiger partial charge in [0.2, 0.25) is 0 Å². The first-order valence-corrected chi connectivity index (χ1v) is 5.37. The molecule has 0 amide bonds. The van der Waals surface area contributed by atoms with E-state index < -0.39 is 0 Å². The molecule has 1 N–H and O–H groups in total. The zero-order valence-corrected chi connectivity index (χ0v) is 10.6. The Morgan fingerprint density at radius 3 is 2.79 bits per heavy atom. The van der Waals surface area contributed by atoms with Gasteiger partial charge in [0.25, 0.3) is 0 Å². The van der Waals surface area contributed by atoms with Crippen molar-refractivity contribution < 1.29 is 0 Å². The molecule has 0 aliphatic carbocycles. The monoisotopic (exact) mass is 254 g/mol. The third kappa shape index (κ3) is 3.39. The number of hydrogen-bond acceptors (Lipinski definition) is 3. The number of nitrogens with one attached hydrogen (secondary N) is 1. The molecule has 1 unspecified atom stereocenters. The van der Waals surface area contributed by atoms with Crippen LogP contribution in [-0.2, 0) is 0 Å². The number of nitrogens with zero attached hydrogens (tertiary/aromatic N) is 1. The van der Waals surface area contributed by atoms with E-state index in [0.717, 1.165) is 6.54 Å². The van der Waals surface area contributed by atoms with Crippen LogP contribution in [0, 0.1) is 6.92 Å². The van der Waals surface area contributed by atoms with Crippen LogP contribution in [-0.4, -0.2) is 18.1 Å². The molecule has 1 fully saturated rings. The molecule has 1 saturated heterocycles. The molecule has 2 heterocycles. The summed E-state index contributed by atoms with van der Waals surface area (Å²) in [7, 11) is 0. The fourth-order valence-electron chi connectivity index (χ4n) is 1.67. The Balaban J connectivity index is 0.000000845. The Bertz CT molecular complexity index is 259. The van der Waals surface area contributed by atoms with Crippen molar-refractivity contribution in [3.8, 4) is 0 Å². The van der Waals surface area contributed by atoms with E-state index in [1.54, 1.807) is 11.3 Å². The normalized spacial score (nSPS) is 20.8. The van der Waals surface area contributed by atoms with Gasteiger partial charge in [0.15, 0.2) is 0 Å². The van der Waals surface area contributed by atoms with Crippen LogP contribution in [0.25, 0.3) is 0 Å². The Labute approximate surface area is 101 Å². The zero-order chi connectivity index (χ0) is 8.39. The van der Waals surface area contributed by atoms with Crippen molar-refractivity contribution in [2.45, 2.75) is 25.7 Å². The first-order chi connectivity index (χ1) is 5.86. The van der Waals surface area contributed by atoms with Crippen LogP contribution >= 0.6 is 36.2 Å². The molecule has 0 bridgehead atoms. The zero-order valence-electron chi connectivity index (χ0n) is 8.16. The molecule has 1 aliphatic rings. The molecule has 82 valence electrons. The molecule has 1 aromatic rings. The standard InChI is InChI=1S/C9H14N2S.2ClH/c1-7-11-9(6-12-7)8-3-2-4-10-5-8;;/h6,8,10H,2-5H2,1H3;2*1H. The van der Waals surface area contributed by atoms with E-state index >= 15 is 0 Å². The quantitative estimate of drug-likeness (QED) is 0.834. The molecule has 1 aliphatic heterocycles. The van der Waals surface area contributed by atoms with Crippen LogP contribution in [0.4, 0.5) is 0 Å². The van der Waals surface area contributed by atoms with Crippen molar-refractivity contribution in [1.29, 1.82) is 0 Å². The Morgan fingerprint density at radius 2 is 2.29 bits per heavy atom. The number of hydrogen-bond donors (Lipinski definition) is 1. The smallest absolute Gasteiger partial charge is 0.0897 e.